The highest BCUT2D eigenvalue weighted by atomic mass is 32.2. The van der Waals surface area contributed by atoms with Gasteiger partial charge in [0.15, 0.2) is 0 Å². The van der Waals surface area contributed by atoms with E-state index >= 15 is 0 Å². The fourth-order valence-electron chi connectivity index (χ4n) is 2.27. The van der Waals surface area contributed by atoms with Gasteiger partial charge in [-0.2, -0.15) is 4.31 Å². The van der Waals surface area contributed by atoms with Crippen LogP contribution in [-0.2, 0) is 14.8 Å². The normalized spacial score (nSPS) is 25.4. The molecule has 2 N–H and O–H groups in total. The van der Waals surface area contributed by atoms with Crippen LogP contribution >= 0.6 is 0 Å². The molecule has 18 heavy (non-hydrogen) atoms. The van der Waals surface area contributed by atoms with Crippen LogP contribution in [0.1, 0.15) is 19.8 Å². The topological polar surface area (TPSA) is 90.5 Å². The Morgan fingerprint density at radius 1 is 1.61 bits per heavy atom. The Balaban J connectivity index is 2.27. The van der Waals surface area contributed by atoms with E-state index in [0.717, 1.165) is 0 Å². The van der Waals surface area contributed by atoms with Crippen LogP contribution in [0.4, 0.5) is 0 Å². The number of aromatic nitrogens is 1. The Bertz CT molecular complexity index is 537. The maximum absolute atomic E-state index is 12.2. The number of carbonyl (C=O) groups is 1. The smallest absolute Gasteiger partial charge is 0.311 e. The van der Waals surface area contributed by atoms with E-state index in [-0.39, 0.29) is 18.0 Å². The highest BCUT2D eigenvalue weighted by Gasteiger charge is 2.47. The van der Waals surface area contributed by atoms with Crippen molar-refractivity contribution in [3.05, 3.63) is 18.5 Å². The lowest BCUT2D eigenvalue weighted by atomic mass is 9.85. The van der Waals surface area contributed by atoms with E-state index in [4.69, 9.17) is 0 Å². The largest absolute Gasteiger partial charge is 0.481 e. The number of aliphatic carboxylic acids is 1. The molecule has 1 unspecified atom stereocenters. The molecule has 0 aromatic carbocycles. The van der Waals surface area contributed by atoms with E-state index in [0.29, 0.717) is 12.8 Å². The van der Waals surface area contributed by atoms with Crippen molar-refractivity contribution in [1.82, 2.24) is 9.29 Å². The number of sulfonamides is 1. The summed E-state index contributed by atoms with van der Waals surface area (Å²) in [5, 5.41) is 9.25. The third kappa shape index (κ3) is 1.93. The third-order valence-corrected chi connectivity index (χ3v) is 5.50. The Labute approximate surface area is 106 Å². The van der Waals surface area contributed by atoms with E-state index in [1.807, 2.05) is 0 Å². The van der Waals surface area contributed by atoms with Gasteiger partial charge in [0, 0.05) is 25.5 Å². The Morgan fingerprint density at radius 3 is 2.78 bits per heavy atom. The zero-order valence-corrected chi connectivity index (χ0v) is 10.9. The van der Waals surface area contributed by atoms with Gasteiger partial charge in [-0.3, -0.25) is 4.79 Å². The Hall–Kier alpha value is -1.34. The third-order valence-electron chi connectivity index (χ3n) is 3.66. The second-order valence-corrected chi connectivity index (χ2v) is 6.51. The van der Waals surface area contributed by atoms with Gasteiger partial charge in [0.25, 0.3) is 0 Å². The molecule has 0 amide bonds. The molecule has 0 saturated carbocycles. The number of H-pyrrole nitrogens is 1. The molecule has 1 aromatic heterocycles. The van der Waals surface area contributed by atoms with Gasteiger partial charge in [0.1, 0.15) is 0 Å². The molecule has 100 valence electrons. The van der Waals surface area contributed by atoms with Gasteiger partial charge in [-0.15, -0.1) is 0 Å². The van der Waals surface area contributed by atoms with E-state index in [2.05, 4.69) is 4.98 Å². The first-order valence-corrected chi connectivity index (χ1v) is 7.23. The summed E-state index contributed by atoms with van der Waals surface area (Å²) in [6, 6.07) is 1.47. The molecule has 1 fully saturated rings. The van der Waals surface area contributed by atoms with E-state index in [9.17, 15) is 18.3 Å². The zero-order valence-electron chi connectivity index (χ0n) is 10.1. The molecule has 1 saturated heterocycles. The van der Waals surface area contributed by atoms with Crippen molar-refractivity contribution < 1.29 is 18.3 Å². The molecule has 1 aromatic rings. The standard InChI is InChI=1S/C11H16N2O4S/c1-2-11(10(14)15)4-6-13(8-11)18(16,17)9-3-5-12-7-9/h3,5,7,12H,2,4,6,8H2,1H3,(H,14,15). The number of nitrogens with zero attached hydrogens (tertiary/aromatic N) is 1. The van der Waals surface area contributed by atoms with Crippen LogP contribution in [-0.4, -0.2) is 41.9 Å². The summed E-state index contributed by atoms with van der Waals surface area (Å²) in [7, 11) is -3.57. The van der Waals surface area contributed by atoms with Crippen molar-refractivity contribution in [2.45, 2.75) is 24.7 Å². The van der Waals surface area contributed by atoms with Crippen molar-refractivity contribution in [3.63, 3.8) is 0 Å². The van der Waals surface area contributed by atoms with Crippen molar-refractivity contribution >= 4 is 16.0 Å². The molecule has 6 nitrogen and oxygen atoms in total. The summed E-state index contributed by atoms with van der Waals surface area (Å²) < 4.78 is 25.7. The summed E-state index contributed by atoms with van der Waals surface area (Å²) in [4.78, 5) is 14.2. The molecule has 1 atom stereocenters. The van der Waals surface area contributed by atoms with E-state index in [1.165, 1.54) is 22.8 Å². The first kappa shape index (κ1) is 13.1. The highest BCUT2D eigenvalue weighted by Crippen LogP contribution is 2.36. The Kier molecular flexibility index (Phi) is 3.20. The van der Waals surface area contributed by atoms with Gasteiger partial charge in [-0.1, -0.05) is 6.92 Å². The lowest BCUT2D eigenvalue weighted by Crippen LogP contribution is -2.36. The predicted octanol–water partition coefficient (Wildman–Crippen LogP) is 0.890. The van der Waals surface area contributed by atoms with Gasteiger partial charge in [-0.05, 0) is 18.9 Å². The van der Waals surface area contributed by atoms with Crippen molar-refractivity contribution in [2.24, 2.45) is 5.41 Å². The van der Waals surface area contributed by atoms with Gasteiger partial charge >= 0.3 is 5.97 Å². The van der Waals surface area contributed by atoms with Gasteiger partial charge < -0.3 is 10.1 Å². The summed E-state index contributed by atoms with van der Waals surface area (Å²) in [6.45, 7) is 2.08. The average molecular weight is 272 g/mol. The maximum atomic E-state index is 12.2. The summed E-state index contributed by atoms with van der Waals surface area (Å²) in [5.74, 6) is -0.920. The summed E-state index contributed by atoms with van der Waals surface area (Å²) >= 11 is 0. The van der Waals surface area contributed by atoms with Gasteiger partial charge in [0.05, 0.1) is 10.3 Å². The lowest BCUT2D eigenvalue weighted by molar-refractivity contribution is -0.148. The molecule has 7 heteroatoms. The van der Waals surface area contributed by atoms with Crippen LogP contribution in [0.3, 0.4) is 0 Å². The van der Waals surface area contributed by atoms with Crippen molar-refractivity contribution in [2.75, 3.05) is 13.1 Å². The summed E-state index contributed by atoms with van der Waals surface area (Å²) in [5.41, 5.74) is -0.941. The fourth-order valence-corrected chi connectivity index (χ4v) is 3.78. The minimum absolute atomic E-state index is 0.0480. The molecule has 2 heterocycles. The van der Waals surface area contributed by atoms with E-state index in [1.54, 1.807) is 6.92 Å². The van der Waals surface area contributed by atoms with E-state index < -0.39 is 21.4 Å². The molecular weight excluding hydrogens is 256 g/mol. The highest BCUT2D eigenvalue weighted by molar-refractivity contribution is 7.89. The maximum Gasteiger partial charge on any atom is 0.311 e. The monoisotopic (exact) mass is 272 g/mol. The van der Waals surface area contributed by atoms with Crippen LogP contribution in [0.5, 0.6) is 0 Å². The Morgan fingerprint density at radius 2 is 2.33 bits per heavy atom. The van der Waals surface area contributed by atoms with Crippen LogP contribution in [0.2, 0.25) is 0 Å². The van der Waals surface area contributed by atoms with Crippen LogP contribution < -0.4 is 0 Å². The first-order chi connectivity index (χ1) is 8.42. The van der Waals surface area contributed by atoms with Crippen LogP contribution in [0, 0.1) is 5.41 Å². The van der Waals surface area contributed by atoms with Gasteiger partial charge in [0.2, 0.25) is 10.0 Å². The number of nitrogens with one attached hydrogen (secondary N) is 1. The molecule has 2 rings (SSSR count). The minimum Gasteiger partial charge on any atom is -0.481 e. The van der Waals surface area contributed by atoms with Crippen LogP contribution in [0.25, 0.3) is 0 Å². The molecule has 1 aliphatic rings. The SMILES string of the molecule is CCC1(C(=O)O)CCN(S(=O)(=O)c2cc[nH]c2)C1. The molecule has 0 bridgehead atoms. The second-order valence-electron chi connectivity index (χ2n) is 4.57. The number of aromatic amines is 1. The first-order valence-electron chi connectivity index (χ1n) is 5.79. The molecule has 1 aliphatic heterocycles. The number of hydrogen-bond donors (Lipinski definition) is 2. The van der Waals surface area contributed by atoms with Crippen molar-refractivity contribution in [3.8, 4) is 0 Å². The van der Waals surface area contributed by atoms with Crippen molar-refractivity contribution in [1.29, 1.82) is 0 Å². The fraction of sp³-hybridized carbons (Fsp3) is 0.545. The quantitative estimate of drug-likeness (QED) is 0.851. The summed E-state index contributed by atoms with van der Waals surface area (Å²) in [6.07, 6.45) is 3.74. The van der Waals surface area contributed by atoms with Gasteiger partial charge in [-0.25, -0.2) is 8.42 Å². The minimum atomic E-state index is -3.57. The molecule has 0 aliphatic carbocycles. The molecule has 0 radical (unpaired) electrons. The lowest BCUT2D eigenvalue weighted by Gasteiger charge is -2.22. The second kappa shape index (κ2) is 4.40. The zero-order chi connectivity index (χ0) is 13.4. The molecular formula is C11H16N2O4S. The average Bonchev–Trinajstić information content (AvgIpc) is 2.99. The number of carboxylic acid groups (broad SMARTS) is 1. The number of rotatable bonds is 4. The number of carboxylic acids is 1. The van der Waals surface area contributed by atoms with Crippen LogP contribution in [0.15, 0.2) is 23.4 Å². The molecule has 0 spiro atoms. The predicted molar refractivity (Wildman–Crippen MR) is 64.5 cm³/mol. The number of hydrogen-bond acceptors (Lipinski definition) is 3.